The number of H-pyrrole nitrogens is 1. The van der Waals surface area contributed by atoms with Gasteiger partial charge < -0.3 is 10.1 Å². The number of hydrogen-bond acceptors (Lipinski definition) is 2. The van der Waals surface area contributed by atoms with Crippen molar-refractivity contribution in [3.8, 4) is 5.75 Å². The van der Waals surface area contributed by atoms with Crippen LogP contribution in [-0.4, -0.2) is 15.1 Å². The minimum absolute atomic E-state index is 0.222. The number of benzene rings is 2. The van der Waals surface area contributed by atoms with Gasteiger partial charge in [0.15, 0.2) is 0 Å². The molecule has 0 aliphatic carbocycles. The minimum Gasteiger partial charge on any atom is -0.508 e. The van der Waals surface area contributed by atoms with Crippen molar-refractivity contribution in [3.05, 3.63) is 47.5 Å². The summed E-state index contributed by atoms with van der Waals surface area (Å²) in [4.78, 5) is 7.90. The van der Waals surface area contributed by atoms with E-state index in [1.807, 2.05) is 30.3 Å². The standard InChI is InChI=1S/C15H9ClN2O/c16-13-9-3-1-2-4-11(9)17-14-10-7-8(19)5-6-12(10)18-15(13)14/h1-7,18-19H. The second kappa shape index (κ2) is 3.62. The van der Waals surface area contributed by atoms with Gasteiger partial charge in [0.2, 0.25) is 0 Å². The normalized spacial score (nSPS) is 11.6. The highest BCUT2D eigenvalue weighted by molar-refractivity contribution is 6.40. The number of aromatic amines is 1. The molecular weight excluding hydrogens is 260 g/mol. The van der Waals surface area contributed by atoms with E-state index in [0.29, 0.717) is 5.02 Å². The SMILES string of the molecule is Oc1ccc2[nH]c3c(Cl)c4ccccc4nc3c2c1. The van der Waals surface area contributed by atoms with Crippen LogP contribution in [0.5, 0.6) is 5.75 Å². The number of aromatic hydroxyl groups is 1. The van der Waals surface area contributed by atoms with Gasteiger partial charge in [-0.2, -0.15) is 0 Å². The van der Waals surface area contributed by atoms with Crippen LogP contribution in [0.1, 0.15) is 0 Å². The number of pyridine rings is 1. The van der Waals surface area contributed by atoms with Crippen LogP contribution in [0.3, 0.4) is 0 Å². The third kappa shape index (κ3) is 1.42. The summed E-state index contributed by atoms with van der Waals surface area (Å²) in [5, 5.41) is 12.1. The van der Waals surface area contributed by atoms with E-state index in [-0.39, 0.29) is 5.75 Å². The molecule has 0 bridgehead atoms. The monoisotopic (exact) mass is 268 g/mol. The summed E-state index contributed by atoms with van der Waals surface area (Å²) in [6.45, 7) is 0. The molecule has 4 aromatic rings. The summed E-state index contributed by atoms with van der Waals surface area (Å²) in [5.74, 6) is 0.222. The Bertz CT molecular complexity index is 943. The molecule has 2 aromatic heterocycles. The van der Waals surface area contributed by atoms with Gasteiger partial charge in [-0.25, -0.2) is 4.98 Å². The highest BCUT2D eigenvalue weighted by atomic mass is 35.5. The molecule has 2 N–H and O–H groups in total. The maximum atomic E-state index is 9.62. The second-order valence-electron chi connectivity index (χ2n) is 4.52. The van der Waals surface area contributed by atoms with Crippen LogP contribution >= 0.6 is 11.6 Å². The average molecular weight is 269 g/mol. The van der Waals surface area contributed by atoms with Gasteiger partial charge in [-0.15, -0.1) is 0 Å². The van der Waals surface area contributed by atoms with Crippen molar-refractivity contribution >= 4 is 44.4 Å². The Hall–Kier alpha value is -2.26. The summed E-state index contributed by atoms with van der Waals surface area (Å²) in [7, 11) is 0. The van der Waals surface area contributed by atoms with Crippen molar-refractivity contribution < 1.29 is 5.11 Å². The number of halogens is 1. The smallest absolute Gasteiger partial charge is 0.116 e. The lowest BCUT2D eigenvalue weighted by molar-refractivity contribution is 0.476. The van der Waals surface area contributed by atoms with Crippen LogP contribution < -0.4 is 0 Å². The Morgan fingerprint density at radius 2 is 1.89 bits per heavy atom. The minimum atomic E-state index is 0.222. The number of nitrogens with zero attached hydrogens (tertiary/aromatic N) is 1. The molecule has 0 aliphatic heterocycles. The quantitative estimate of drug-likeness (QED) is 0.501. The van der Waals surface area contributed by atoms with Crippen molar-refractivity contribution in [1.29, 1.82) is 0 Å². The fourth-order valence-corrected chi connectivity index (χ4v) is 2.75. The third-order valence-corrected chi connectivity index (χ3v) is 3.74. The second-order valence-corrected chi connectivity index (χ2v) is 4.90. The predicted molar refractivity (Wildman–Crippen MR) is 77.8 cm³/mol. The molecule has 0 aliphatic rings. The Kier molecular flexibility index (Phi) is 2.03. The van der Waals surface area contributed by atoms with Gasteiger partial charge in [0.1, 0.15) is 5.75 Å². The third-order valence-electron chi connectivity index (χ3n) is 3.35. The van der Waals surface area contributed by atoms with Crippen LogP contribution in [0.15, 0.2) is 42.5 Å². The Morgan fingerprint density at radius 1 is 1.05 bits per heavy atom. The molecule has 4 heteroatoms. The number of rotatable bonds is 0. The van der Waals surface area contributed by atoms with E-state index in [9.17, 15) is 5.11 Å². The van der Waals surface area contributed by atoms with Crippen molar-refractivity contribution in [2.45, 2.75) is 0 Å². The van der Waals surface area contributed by atoms with Crippen LogP contribution in [0.2, 0.25) is 5.02 Å². The van der Waals surface area contributed by atoms with Gasteiger partial charge in [-0.05, 0) is 24.3 Å². The van der Waals surface area contributed by atoms with E-state index in [1.165, 1.54) is 0 Å². The van der Waals surface area contributed by atoms with E-state index < -0.39 is 0 Å². The highest BCUT2D eigenvalue weighted by Gasteiger charge is 2.12. The van der Waals surface area contributed by atoms with Crippen LogP contribution in [0, 0.1) is 0 Å². The molecule has 4 rings (SSSR count). The van der Waals surface area contributed by atoms with Crippen molar-refractivity contribution in [3.63, 3.8) is 0 Å². The number of phenols is 1. The zero-order valence-electron chi connectivity index (χ0n) is 9.81. The number of phenolic OH excluding ortho intramolecular Hbond substituents is 1. The maximum Gasteiger partial charge on any atom is 0.116 e. The number of aromatic nitrogens is 2. The number of nitrogens with one attached hydrogen (secondary N) is 1. The van der Waals surface area contributed by atoms with Crippen LogP contribution in [0.4, 0.5) is 0 Å². The van der Waals surface area contributed by atoms with Crippen molar-refractivity contribution in [2.75, 3.05) is 0 Å². The molecule has 19 heavy (non-hydrogen) atoms. The molecule has 0 saturated heterocycles. The lowest BCUT2D eigenvalue weighted by atomic mass is 10.1. The number of hydrogen-bond donors (Lipinski definition) is 2. The van der Waals surface area contributed by atoms with Gasteiger partial charge in [0.25, 0.3) is 0 Å². The summed E-state index contributed by atoms with van der Waals surface area (Å²) >= 11 is 6.45. The fraction of sp³-hybridized carbons (Fsp3) is 0. The van der Waals surface area contributed by atoms with Crippen molar-refractivity contribution in [1.82, 2.24) is 9.97 Å². The van der Waals surface area contributed by atoms with Gasteiger partial charge >= 0.3 is 0 Å². The zero-order chi connectivity index (χ0) is 13.0. The molecule has 3 nitrogen and oxygen atoms in total. The fourth-order valence-electron chi connectivity index (χ4n) is 2.45. The molecule has 0 fully saturated rings. The first-order valence-corrected chi connectivity index (χ1v) is 6.30. The average Bonchev–Trinajstić information content (AvgIpc) is 2.78. The molecule has 0 unspecified atom stereocenters. The number of fused-ring (bicyclic) bond motifs is 4. The molecule has 0 atom stereocenters. The predicted octanol–water partition coefficient (Wildman–Crippen LogP) is 4.23. The highest BCUT2D eigenvalue weighted by Crippen LogP contribution is 2.34. The lowest BCUT2D eigenvalue weighted by Gasteiger charge is -2.01. The summed E-state index contributed by atoms with van der Waals surface area (Å²) in [5.41, 5.74) is 3.36. The van der Waals surface area contributed by atoms with Gasteiger partial charge in [-0.3, -0.25) is 0 Å². The maximum absolute atomic E-state index is 9.62. The van der Waals surface area contributed by atoms with E-state index in [2.05, 4.69) is 9.97 Å². The van der Waals surface area contributed by atoms with Gasteiger partial charge in [-0.1, -0.05) is 29.8 Å². The first kappa shape index (κ1) is 10.6. The Labute approximate surface area is 113 Å². The summed E-state index contributed by atoms with van der Waals surface area (Å²) < 4.78 is 0. The lowest BCUT2D eigenvalue weighted by Crippen LogP contribution is -1.82. The van der Waals surface area contributed by atoms with E-state index in [4.69, 9.17) is 11.6 Å². The van der Waals surface area contributed by atoms with E-state index in [1.54, 1.807) is 12.1 Å². The molecule has 0 saturated carbocycles. The zero-order valence-corrected chi connectivity index (χ0v) is 10.6. The molecular formula is C15H9ClN2O. The molecule has 92 valence electrons. The van der Waals surface area contributed by atoms with Crippen LogP contribution in [0.25, 0.3) is 32.8 Å². The first-order chi connectivity index (χ1) is 9.24. The molecule has 2 aromatic carbocycles. The molecule has 0 spiro atoms. The Morgan fingerprint density at radius 3 is 2.79 bits per heavy atom. The van der Waals surface area contributed by atoms with E-state index in [0.717, 1.165) is 32.8 Å². The summed E-state index contributed by atoms with van der Waals surface area (Å²) in [6.07, 6.45) is 0. The topological polar surface area (TPSA) is 48.9 Å². The first-order valence-electron chi connectivity index (χ1n) is 5.93. The van der Waals surface area contributed by atoms with Crippen molar-refractivity contribution in [2.24, 2.45) is 0 Å². The molecule has 0 radical (unpaired) electrons. The summed E-state index contributed by atoms with van der Waals surface area (Å²) in [6, 6.07) is 12.9. The van der Waals surface area contributed by atoms with Gasteiger partial charge in [0.05, 0.1) is 21.6 Å². The molecule has 0 amide bonds. The van der Waals surface area contributed by atoms with Gasteiger partial charge in [0, 0.05) is 16.3 Å². The Balaban J connectivity index is 2.30. The largest absolute Gasteiger partial charge is 0.508 e. The number of para-hydroxylation sites is 1. The van der Waals surface area contributed by atoms with E-state index >= 15 is 0 Å². The molecule has 2 heterocycles. The van der Waals surface area contributed by atoms with Crippen LogP contribution in [-0.2, 0) is 0 Å².